The lowest BCUT2D eigenvalue weighted by atomic mass is 9.79. The molecule has 0 aliphatic carbocycles. The first-order chi connectivity index (χ1) is 5.65. The van der Waals surface area contributed by atoms with Crippen LogP contribution in [0.2, 0.25) is 0 Å². The second-order valence-electron chi connectivity index (χ2n) is 2.31. The predicted molar refractivity (Wildman–Crippen MR) is 48.9 cm³/mol. The average Bonchev–Trinajstić information content (AvgIpc) is 2.05. The summed E-state index contributed by atoms with van der Waals surface area (Å²) in [6, 6.07) is 4.49. The van der Waals surface area contributed by atoms with Gasteiger partial charge in [0, 0.05) is 10.5 Å². The van der Waals surface area contributed by atoms with Gasteiger partial charge in [-0.2, -0.15) is 0 Å². The minimum atomic E-state index is -1.59. The molecule has 0 spiro atoms. The lowest BCUT2D eigenvalue weighted by molar-refractivity contribution is 0.112. The van der Waals surface area contributed by atoms with E-state index in [9.17, 15) is 4.79 Å². The summed E-state index contributed by atoms with van der Waals surface area (Å²) in [6.07, 6.45) is 0.638. The molecule has 0 amide bonds. The van der Waals surface area contributed by atoms with Crippen molar-refractivity contribution in [2.75, 3.05) is 0 Å². The first kappa shape index (κ1) is 9.31. The molecule has 0 saturated heterocycles. The number of aldehydes is 1. The Hall–Kier alpha value is -0.775. The van der Waals surface area contributed by atoms with Gasteiger partial charge in [0.2, 0.25) is 0 Å². The van der Waals surface area contributed by atoms with Crippen molar-refractivity contribution in [1.29, 1.82) is 0 Å². The topological polar surface area (TPSA) is 57.5 Å². The summed E-state index contributed by atoms with van der Waals surface area (Å²) in [5.41, 5.74) is 0.638. The average molecular weight is 182 g/mol. The van der Waals surface area contributed by atoms with Crippen LogP contribution in [0.5, 0.6) is 0 Å². The second kappa shape index (κ2) is 3.75. The van der Waals surface area contributed by atoms with Crippen LogP contribution >= 0.6 is 12.6 Å². The summed E-state index contributed by atoms with van der Waals surface area (Å²) in [4.78, 5) is 10.8. The molecule has 0 bridgehead atoms. The fourth-order valence-corrected chi connectivity index (χ4v) is 1.11. The van der Waals surface area contributed by atoms with Crippen molar-refractivity contribution >= 4 is 31.5 Å². The number of benzene rings is 1. The van der Waals surface area contributed by atoms with Crippen molar-refractivity contribution in [2.24, 2.45) is 0 Å². The van der Waals surface area contributed by atoms with E-state index in [1.807, 2.05) is 0 Å². The third kappa shape index (κ3) is 1.88. The Labute approximate surface area is 75.6 Å². The van der Waals surface area contributed by atoms with Crippen LogP contribution in [-0.4, -0.2) is 23.5 Å². The molecule has 0 fully saturated rings. The Kier molecular flexibility index (Phi) is 2.91. The van der Waals surface area contributed by atoms with Crippen molar-refractivity contribution in [3.63, 3.8) is 0 Å². The SMILES string of the molecule is O=Cc1ccc(S)c(B(O)O)c1. The largest absolute Gasteiger partial charge is 0.489 e. The molecule has 0 atom stereocenters. The number of thiol groups is 1. The molecular formula is C7H7BO3S. The van der Waals surface area contributed by atoms with Crippen LogP contribution in [0.4, 0.5) is 0 Å². The van der Waals surface area contributed by atoms with Crippen LogP contribution in [0.15, 0.2) is 23.1 Å². The molecule has 0 aliphatic rings. The third-order valence-corrected chi connectivity index (χ3v) is 1.87. The molecule has 5 heteroatoms. The molecule has 3 nitrogen and oxygen atoms in total. The Morgan fingerprint density at radius 2 is 2.08 bits per heavy atom. The van der Waals surface area contributed by atoms with Crippen LogP contribution in [0.1, 0.15) is 10.4 Å². The second-order valence-corrected chi connectivity index (χ2v) is 2.79. The number of carbonyl (C=O) groups is 1. The zero-order valence-corrected chi connectivity index (χ0v) is 7.03. The summed E-state index contributed by atoms with van der Waals surface area (Å²) < 4.78 is 0. The van der Waals surface area contributed by atoms with Crippen LogP contribution in [0, 0.1) is 0 Å². The smallest absolute Gasteiger partial charge is 0.423 e. The van der Waals surface area contributed by atoms with Crippen LogP contribution in [0.25, 0.3) is 0 Å². The first-order valence-electron chi connectivity index (χ1n) is 3.29. The molecule has 0 saturated carbocycles. The van der Waals surface area contributed by atoms with E-state index in [2.05, 4.69) is 12.6 Å². The zero-order chi connectivity index (χ0) is 9.14. The van der Waals surface area contributed by atoms with Gasteiger partial charge in [-0.25, -0.2) is 0 Å². The molecule has 0 aliphatic heterocycles. The van der Waals surface area contributed by atoms with E-state index in [1.54, 1.807) is 12.1 Å². The molecule has 1 aromatic carbocycles. The predicted octanol–water partition coefficient (Wildman–Crippen LogP) is -0.532. The van der Waals surface area contributed by atoms with Gasteiger partial charge in [0.25, 0.3) is 0 Å². The molecule has 0 unspecified atom stereocenters. The highest BCUT2D eigenvalue weighted by Crippen LogP contribution is 2.04. The van der Waals surface area contributed by atoms with Crippen molar-refractivity contribution in [3.05, 3.63) is 23.8 Å². The van der Waals surface area contributed by atoms with E-state index in [-0.39, 0.29) is 5.46 Å². The van der Waals surface area contributed by atoms with Crippen LogP contribution in [0.3, 0.4) is 0 Å². The minimum Gasteiger partial charge on any atom is -0.423 e. The van der Waals surface area contributed by atoms with Crippen molar-refractivity contribution in [2.45, 2.75) is 4.90 Å². The zero-order valence-electron chi connectivity index (χ0n) is 6.14. The quantitative estimate of drug-likeness (QED) is 0.327. The van der Waals surface area contributed by atoms with Crippen LogP contribution in [-0.2, 0) is 0 Å². The van der Waals surface area contributed by atoms with Gasteiger partial charge in [0.1, 0.15) is 6.29 Å². The van der Waals surface area contributed by atoms with E-state index in [0.29, 0.717) is 16.7 Å². The minimum absolute atomic E-state index is 0.239. The maximum atomic E-state index is 10.3. The molecular weight excluding hydrogens is 175 g/mol. The lowest BCUT2D eigenvalue weighted by Crippen LogP contribution is -2.31. The Bertz CT molecular complexity index is 301. The highest BCUT2D eigenvalue weighted by Gasteiger charge is 2.14. The Morgan fingerprint density at radius 1 is 1.42 bits per heavy atom. The molecule has 1 rings (SSSR count). The highest BCUT2D eigenvalue weighted by atomic mass is 32.1. The number of hydrogen-bond donors (Lipinski definition) is 3. The number of hydrogen-bond acceptors (Lipinski definition) is 4. The van der Waals surface area contributed by atoms with Gasteiger partial charge in [-0.3, -0.25) is 4.79 Å². The van der Waals surface area contributed by atoms with Gasteiger partial charge < -0.3 is 10.0 Å². The van der Waals surface area contributed by atoms with Gasteiger partial charge in [-0.05, 0) is 11.5 Å². The summed E-state index contributed by atoms with van der Waals surface area (Å²) in [5, 5.41) is 17.6. The van der Waals surface area contributed by atoms with Gasteiger partial charge in [0.15, 0.2) is 0 Å². The summed E-state index contributed by atoms with van der Waals surface area (Å²) in [6.45, 7) is 0. The fourth-order valence-electron chi connectivity index (χ4n) is 0.853. The number of rotatable bonds is 2. The maximum absolute atomic E-state index is 10.3. The molecule has 0 radical (unpaired) electrons. The van der Waals surface area contributed by atoms with Crippen molar-refractivity contribution in [1.82, 2.24) is 0 Å². The highest BCUT2D eigenvalue weighted by molar-refractivity contribution is 7.80. The van der Waals surface area contributed by atoms with Crippen molar-refractivity contribution < 1.29 is 14.8 Å². The molecule has 62 valence electrons. The van der Waals surface area contributed by atoms with E-state index in [0.717, 1.165) is 0 Å². The maximum Gasteiger partial charge on any atom is 0.489 e. The number of carbonyl (C=O) groups excluding carboxylic acids is 1. The van der Waals surface area contributed by atoms with Gasteiger partial charge in [-0.15, -0.1) is 12.6 Å². The molecule has 2 N–H and O–H groups in total. The monoisotopic (exact) mass is 182 g/mol. The Morgan fingerprint density at radius 3 is 2.58 bits per heavy atom. The van der Waals surface area contributed by atoms with Crippen LogP contribution < -0.4 is 5.46 Å². The standard InChI is InChI=1S/C7H7BO3S/c9-4-5-1-2-7(12)6(3-5)8(10)11/h1-4,10-12H. The third-order valence-electron chi connectivity index (χ3n) is 1.47. The molecule has 0 aromatic heterocycles. The van der Waals surface area contributed by atoms with Gasteiger partial charge in [0.05, 0.1) is 0 Å². The summed E-state index contributed by atoms with van der Waals surface area (Å²) in [5.74, 6) is 0. The molecule has 12 heavy (non-hydrogen) atoms. The van der Waals surface area contributed by atoms with Crippen molar-refractivity contribution in [3.8, 4) is 0 Å². The van der Waals surface area contributed by atoms with E-state index in [4.69, 9.17) is 10.0 Å². The summed E-state index contributed by atoms with van der Waals surface area (Å²) >= 11 is 3.99. The normalized spacial score (nSPS) is 9.58. The summed E-state index contributed by atoms with van der Waals surface area (Å²) in [7, 11) is -1.59. The van der Waals surface area contributed by atoms with Gasteiger partial charge >= 0.3 is 7.12 Å². The first-order valence-corrected chi connectivity index (χ1v) is 3.74. The fraction of sp³-hybridized carbons (Fsp3) is 0. The van der Waals surface area contributed by atoms with Gasteiger partial charge in [-0.1, -0.05) is 12.1 Å². The van der Waals surface area contributed by atoms with E-state index in [1.165, 1.54) is 6.07 Å². The Balaban J connectivity index is 3.16. The van der Waals surface area contributed by atoms with E-state index >= 15 is 0 Å². The molecule has 1 aromatic rings. The molecule has 0 heterocycles. The van der Waals surface area contributed by atoms with E-state index < -0.39 is 7.12 Å². The lowest BCUT2D eigenvalue weighted by Gasteiger charge is -2.03.